The Bertz CT molecular complexity index is 439. The van der Waals surface area contributed by atoms with Crippen molar-refractivity contribution in [1.82, 2.24) is 9.97 Å². The van der Waals surface area contributed by atoms with E-state index in [1.165, 1.54) is 13.3 Å². The standard InChI is InChI=1S/C9H10N2O3S/c1-14-9(13)6-2-10-7(11-8(6)12)5-3-15-4-5/h2,5H,3-4H2,1H3,(H,10,11,12). The largest absolute Gasteiger partial charge is 0.465 e. The van der Waals surface area contributed by atoms with Crippen LogP contribution in [0.4, 0.5) is 0 Å². The average molecular weight is 226 g/mol. The lowest BCUT2D eigenvalue weighted by atomic mass is 10.2. The first-order chi connectivity index (χ1) is 7.22. The molecule has 1 N–H and O–H groups in total. The first kappa shape index (κ1) is 10.2. The molecule has 1 aromatic rings. The highest BCUT2D eigenvalue weighted by Gasteiger charge is 2.23. The molecule has 1 aromatic heterocycles. The van der Waals surface area contributed by atoms with Crippen molar-refractivity contribution < 1.29 is 9.53 Å². The number of aromatic nitrogens is 2. The second-order valence-corrected chi connectivity index (χ2v) is 4.31. The van der Waals surface area contributed by atoms with E-state index in [2.05, 4.69) is 14.7 Å². The van der Waals surface area contributed by atoms with Crippen LogP contribution in [-0.2, 0) is 4.74 Å². The maximum atomic E-state index is 11.5. The minimum Gasteiger partial charge on any atom is -0.465 e. The maximum Gasteiger partial charge on any atom is 0.345 e. The highest BCUT2D eigenvalue weighted by atomic mass is 32.2. The van der Waals surface area contributed by atoms with Gasteiger partial charge in [-0.1, -0.05) is 0 Å². The van der Waals surface area contributed by atoms with Crippen molar-refractivity contribution in [2.45, 2.75) is 5.92 Å². The van der Waals surface area contributed by atoms with Gasteiger partial charge in [0.25, 0.3) is 5.56 Å². The molecule has 1 aliphatic rings. The molecule has 1 saturated heterocycles. The Morgan fingerprint density at radius 3 is 2.87 bits per heavy atom. The van der Waals surface area contributed by atoms with Crippen LogP contribution in [0.2, 0.25) is 0 Å². The van der Waals surface area contributed by atoms with Gasteiger partial charge in [-0.3, -0.25) is 4.79 Å². The Hall–Kier alpha value is -1.30. The zero-order valence-electron chi connectivity index (χ0n) is 8.15. The van der Waals surface area contributed by atoms with Gasteiger partial charge in [-0.2, -0.15) is 11.8 Å². The first-order valence-corrected chi connectivity index (χ1v) is 5.63. The lowest BCUT2D eigenvalue weighted by Crippen LogP contribution is -2.26. The highest BCUT2D eigenvalue weighted by molar-refractivity contribution is 8.00. The van der Waals surface area contributed by atoms with Gasteiger partial charge in [-0.15, -0.1) is 0 Å². The number of nitrogens with zero attached hydrogens (tertiary/aromatic N) is 1. The summed E-state index contributed by atoms with van der Waals surface area (Å²) in [5.74, 6) is 2.26. The summed E-state index contributed by atoms with van der Waals surface area (Å²) in [7, 11) is 1.23. The SMILES string of the molecule is COC(=O)c1cnc(C2CSC2)[nH]c1=O. The monoisotopic (exact) mass is 226 g/mol. The zero-order valence-corrected chi connectivity index (χ0v) is 8.97. The van der Waals surface area contributed by atoms with Crippen LogP contribution in [0.3, 0.4) is 0 Å². The third-order valence-electron chi connectivity index (χ3n) is 2.25. The molecule has 0 amide bonds. The minimum atomic E-state index is -0.654. The smallest absolute Gasteiger partial charge is 0.345 e. The van der Waals surface area contributed by atoms with E-state index in [9.17, 15) is 9.59 Å². The molecule has 6 heteroatoms. The number of methoxy groups -OCH3 is 1. The van der Waals surface area contributed by atoms with Gasteiger partial charge in [0, 0.05) is 23.6 Å². The summed E-state index contributed by atoms with van der Waals surface area (Å²) >= 11 is 1.81. The number of hydrogen-bond donors (Lipinski definition) is 1. The van der Waals surface area contributed by atoms with Gasteiger partial charge in [0.15, 0.2) is 0 Å². The molecule has 0 aliphatic carbocycles. The molecule has 0 bridgehead atoms. The Morgan fingerprint density at radius 2 is 2.40 bits per heavy atom. The van der Waals surface area contributed by atoms with Gasteiger partial charge < -0.3 is 9.72 Å². The van der Waals surface area contributed by atoms with Gasteiger partial charge in [0.05, 0.1) is 7.11 Å². The Balaban J connectivity index is 2.30. The van der Waals surface area contributed by atoms with Crippen molar-refractivity contribution in [3.8, 4) is 0 Å². The Labute approximate surface area is 90.2 Å². The molecular formula is C9H10N2O3S. The van der Waals surface area contributed by atoms with Crippen LogP contribution < -0.4 is 5.56 Å². The number of esters is 1. The van der Waals surface area contributed by atoms with E-state index in [1.807, 2.05) is 11.8 Å². The Morgan fingerprint density at radius 1 is 1.67 bits per heavy atom. The molecule has 2 rings (SSSR count). The molecule has 80 valence electrons. The van der Waals surface area contributed by atoms with Crippen molar-refractivity contribution >= 4 is 17.7 Å². The predicted molar refractivity (Wildman–Crippen MR) is 56.3 cm³/mol. The third kappa shape index (κ3) is 1.90. The minimum absolute atomic E-state index is 0.0479. The molecule has 2 heterocycles. The number of carbonyl (C=O) groups excluding carboxylic acids is 1. The van der Waals surface area contributed by atoms with E-state index in [-0.39, 0.29) is 5.56 Å². The molecule has 0 aromatic carbocycles. The average Bonchev–Trinajstić information content (AvgIpc) is 2.14. The maximum absolute atomic E-state index is 11.5. The number of rotatable bonds is 2. The van der Waals surface area contributed by atoms with Crippen LogP contribution in [-0.4, -0.2) is 34.6 Å². The molecule has 15 heavy (non-hydrogen) atoms. The quantitative estimate of drug-likeness (QED) is 0.738. The number of hydrogen-bond acceptors (Lipinski definition) is 5. The molecule has 5 nitrogen and oxygen atoms in total. The molecule has 0 unspecified atom stereocenters. The summed E-state index contributed by atoms with van der Waals surface area (Å²) < 4.78 is 4.45. The van der Waals surface area contributed by atoms with E-state index in [0.717, 1.165) is 11.5 Å². The van der Waals surface area contributed by atoms with Crippen LogP contribution in [0.5, 0.6) is 0 Å². The lowest BCUT2D eigenvalue weighted by Gasteiger charge is -2.23. The molecule has 0 saturated carbocycles. The highest BCUT2D eigenvalue weighted by Crippen LogP contribution is 2.31. The summed E-state index contributed by atoms with van der Waals surface area (Å²) in [6, 6.07) is 0. The number of nitrogens with one attached hydrogen (secondary N) is 1. The Kier molecular flexibility index (Phi) is 2.77. The number of carbonyl (C=O) groups is 1. The second-order valence-electron chi connectivity index (χ2n) is 3.24. The summed E-state index contributed by atoms with van der Waals surface area (Å²) in [4.78, 5) is 29.3. The molecule has 0 radical (unpaired) electrons. The van der Waals surface area contributed by atoms with Crippen LogP contribution in [0.15, 0.2) is 11.0 Å². The lowest BCUT2D eigenvalue weighted by molar-refractivity contribution is 0.0598. The van der Waals surface area contributed by atoms with Crippen molar-refractivity contribution in [2.75, 3.05) is 18.6 Å². The van der Waals surface area contributed by atoms with E-state index in [4.69, 9.17) is 0 Å². The summed E-state index contributed by atoms with van der Waals surface area (Å²) in [5.41, 5.74) is -0.475. The normalized spacial score (nSPS) is 15.8. The molecule has 1 fully saturated rings. The van der Waals surface area contributed by atoms with Gasteiger partial charge in [0.1, 0.15) is 11.4 Å². The van der Waals surface area contributed by atoms with Crippen LogP contribution in [0.1, 0.15) is 22.1 Å². The van der Waals surface area contributed by atoms with Crippen LogP contribution in [0.25, 0.3) is 0 Å². The predicted octanol–water partition coefficient (Wildman–Crippen LogP) is 0.387. The van der Waals surface area contributed by atoms with Gasteiger partial charge in [-0.05, 0) is 0 Å². The number of H-pyrrole nitrogens is 1. The van der Waals surface area contributed by atoms with Crippen molar-refractivity contribution in [1.29, 1.82) is 0 Å². The fourth-order valence-electron chi connectivity index (χ4n) is 1.27. The van der Waals surface area contributed by atoms with E-state index >= 15 is 0 Å². The van der Waals surface area contributed by atoms with E-state index in [1.54, 1.807) is 0 Å². The summed E-state index contributed by atoms with van der Waals surface area (Å²) in [6.07, 6.45) is 1.28. The van der Waals surface area contributed by atoms with Crippen molar-refractivity contribution in [3.63, 3.8) is 0 Å². The first-order valence-electron chi connectivity index (χ1n) is 4.47. The fraction of sp³-hybridized carbons (Fsp3) is 0.444. The van der Waals surface area contributed by atoms with Gasteiger partial charge in [-0.25, -0.2) is 9.78 Å². The van der Waals surface area contributed by atoms with E-state index in [0.29, 0.717) is 11.7 Å². The number of thioether (sulfide) groups is 1. The molecular weight excluding hydrogens is 216 g/mol. The fourth-order valence-corrected chi connectivity index (χ4v) is 2.05. The van der Waals surface area contributed by atoms with Crippen molar-refractivity contribution in [2.24, 2.45) is 0 Å². The summed E-state index contributed by atoms with van der Waals surface area (Å²) in [5, 5.41) is 0. The molecule has 0 spiro atoms. The molecule has 1 aliphatic heterocycles. The zero-order chi connectivity index (χ0) is 10.8. The number of ether oxygens (including phenoxy) is 1. The van der Waals surface area contributed by atoms with E-state index < -0.39 is 11.5 Å². The molecule has 0 atom stereocenters. The van der Waals surface area contributed by atoms with Crippen LogP contribution in [0, 0.1) is 0 Å². The summed E-state index contributed by atoms with van der Waals surface area (Å²) in [6.45, 7) is 0. The van der Waals surface area contributed by atoms with Crippen molar-refractivity contribution in [3.05, 3.63) is 27.9 Å². The van der Waals surface area contributed by atoms with Crippen LogP contribution >= 0.6 is 11.8 Å². The number of aromatic amines is 1. The van der Waals surface area contributed by atoms with Gasteiger partial charge in [0.2, 0.25) is 0 Å². The van der Waals surface area contributed by atoms with Gasteiger partial charge >= 0.3 is 5.97 Å². The third-order valence-corrected chi connectivity index (χ3v) is 3.53. The second kappa shape index (κ2) is 4.06. The topological polar surface area (TPSA) is 72.0 Å².